The number of allylic oxidation sites excluding steroid dienone is 10. The second kappa shape index (κ2) is 67.6. The molecule has 0 aromatic carbocycles. The molecule has 0 saturated heterocycles. The van der Waals surface area contributed by atoms with E-state index < -0.39 is 6.10 Å². The van der Waals surface area contributed by atoms with Crippen molar-refractivity contribution in [3.05, 3.63) is 60.8 Å². The monoisotopic (exact) mass is 1110 g/mol. The van der Waals surface area contributed by atoms with Gasteiger partial charge in [0.25, 0.3) is 0 Å². The van der Waals surface area contributed by atoms with Gasteiger partial charge in [-0.2, -0.15) is 0 Å². The first-order chi connectivity index (χ1) is 39.0. The van der Waals surface area contributed by atoms with Crippen molar-refractivity contribution < 1.29 is 28.6 Å². The Bertz CT molecular complexity index is 1410. The van der Waals surface area contributed by atoms with Gasteiger partial charge in [0.15, 0.2) is 6.10 Å². The van der Waals surface area contributed by atoms with Crippen LogP contribution in [0.15, 0.2) is 60.8 Å². The van der Waals surface area contributed by atoms with Crippen LogP contribution < -0.4 is 0 Å². The van der Waals surface area contributed by atoms with Gasteiger partial charge in [0, 0.05) is 19.3 Å². The van der Waals surface area contributed by atoms with Crippen LogP contribution in [-0.4, -0.2) is 37.2 Å². The number of esters is 3. The van der Waals surface area contributed by atoms with E-state index in [0.29, 0.717) is 19.3 Å². The van der Waals surface area contributed by atoms with Gasteiger partial charge in [-0.15, -0.1) is 0 Å². The minimum atomic E-state index is -0.784. The maximum absolute atomic E-state index is 12.9. The maximum Gasteiger partial charge on any atom is 0.306 e. The van der Waals surface area contributed by atoms with E-state index >= 15 is 0 Å². The molecule has 1 atom stereocenters. The molecule has 0 aliphatic carbocycles. The molecule has 1 unspecified atom stereocenters. The van der Waals surface area contributed by atoms with Crippen molar-refractivity contribution in [2.75, 3.05) is 13.2 Å². The van der Waals surface area contributed by atoms with Crippen LogP contribution in [0, 0.1) is 0 Å². The Hall–Kier alpha value is -2.89. The van der Waals surface area contributed by atoms with Crippen LogP contribution in [0.1, 0.15) is 367 Å². The Morgan fingerprint density at radius 3 is 0.759 bits per heavy atom. The van der Waals surface area contributed by atoms with Crippen LogP contribution in [0.2, 0.25) is 0 Å². The summed E-state index contributed by atoms with van der Waals surface area (Å²) in [7, 11) is 0. The Morgan fingerprint density at radius 2 is 0.481 bits per heavy atom. The summed E-state index contributed by atoms with van der Waals surface area (Å²) in [5.41, 5.74) is 0. The summed E-state index contributed by atoms with van der Waals surface area (Å²) in [6.07, 6.45) is 86.8. The molecule has 0 radical (unpaired) electrons. The highest BCUT2D eigenvalue weighted by atomic mass is 16.6. The van der Waals surface area contributed by atoms with Gasteiger partial charge in [-0.25, -0.2) is 0 Å². The molecular weight excluding hydrogens is 973 g/mol. The number of hydrogen-bond donors (Lipinski definition) is 0. The first-order valence-corrected chi connectivity index (χ1v) is 34.8. The number of carbonyl (C=O) groups excluding carboxylic acids is 3. The van der Waals surface area contributed by atoms with Gasteiger partial charge in [0.05, 0.1) is 0 Å². The van der Waals surface area contributed by atoms with Crippen molar-refractivity contribution in [3.63, 3.8) is 0 Å². The highest BCUT2D eigenvalue weighted by molar-refractivity contribution is 5.71. The molecule has 79 heavy (non-hydrogen) atoms. The molecule has 0 N–H and O–H groups in total. The fourth-order valence-corrected chi connectivity index (χ4v) is 10.3. The molecule has 0 amide bonds. The second-order valence-electron chi connectivity index (χ2n) is 23.4. The fourth-order valence-electron chi connectivity index (χ4n) is 10.3. The van der Waals surface area contributed by atoms with Crippen LogP contribution in [0.4, 0.5) is 0 Å². The van der Waals surface area contributed by atoms with E-state index in [2.05, 4.69) is 81.5 Å². The zero-order valence-corrected chi connectivity index (χ0v) is 52.9. The van der Waals surface area contributed by atoms with Crippen molar-refractivity contribution in [1.29, 1.82) is 0 Å². The van der Waals surface area contributed by atoms with E-state index in [1.54, 1.807) is 0 Å². The summed E-state index contributed by atoms with van der Waals surface area (Å²) in [6.45, 7) is 6.60. The number of ether oxygens (including phenoxy) is 3. The van der Waals surface area contributed by atoms with Crippen LogP contribution in [0.3, 0.4) is 0 Å². The van der Waals surface area contributed by atoms with Gasteiger partial charge in [0.2, 0.25) is 0 Å². The van der Waals surface area contributed by atoms with Gasteiger partial charge in [0.1, 0.15) is 13.2 Å². The molecule has 0 heterocycles. The third-order valence-electron chi connectivity index (χ3n) is 15.5. The lowest BCUT2D eigenvalue weighted by Gasteiger charge is -2.18. The molecule has 0 saturated carbocycles. The molecule has 0 aromatic heterocycles. The Kier molecular flexibility index (Phi) is 65.1. The van der Waals surface area contributed by atoms with Crippen molar-refractivity contribution in [3.8, 4) is 0 Å². The smallest absolute Gasteiger partial charge is 0.306 e. The first kappa shape index (κ1) is 76.1. The van der Waals surface area contributed by atoms with Crippen molar-refractivity contribution in [1.82, 2.24) is 0 Å². The van der Waals surface area contributed by atoms with Gasteiger partial charge in [-0.1, -0.05) is 326 Å². The van der Waals surface area contributed by atoms with Gasteiger partial charge in [-0.3, -0.25) is 14.4 Å². The average Bonchev–Trinajstić information content (AvgIpc) is 3.45. The molecular formula is C73H132O6. The molecule has 0 aliphatic rings. The van der Waals surface area contributed by atoms with E-state index in [-0.39, 0.29) is 31.1 Å². The Labute approximate surface area is 491 Å². The van der Waals surface area contributed by atoms with E-state index in [0.717, 1.165) is 103 Å². The number of hydrogen-bond acceptors (Lipinski definition) is 6. The summed E-state index contributed by atoms with van der Waals surface area (Å²) in [5, 5.41) is 0. The Balaban J connectivity index is 4.27. The maximum atomic E-state index is 12.9. The second-order valence-corrected chi connectivity index (χ2v) is 23.4. The Morgan fingerprint density at radius 1 is 0.253 bits per heavy atom. The lowest BCUT2D eigenvalue weighted by atomic mass is 10.0. The summed E-state index contributed by atoms with van der Waals surface area (Å²) in [5.74, 6) is -0.880. The van der Waals surface area contributed by atoms with Crippen molar-refractivity contribution in [2.45, 2.75) is 374 Å². The lowest BCUT2D eigenvalue weighted by Crippen LogP contribution is -2.30. The molecule has 6 nitrogen and oxygen atoms in total. The molecule has 0 fully saturated rings. The molecule has 6 heteroatoms. The van der Waals surface area contributed by atoms with E-state index in [9.17, 15) is 14.4 Å². The standard InChI is InChI=1S/C73H132O6/c1-4-7-10-13-16-19-22-25-27-29-31-33-35-36-38-39-41-43-45-48-51-54-57-60-63-66-72(75)78-69-70(68-77-71(74)65-62-59-56-53-50-47-24-21-18-15-12-9-6-3)79-73(76)67-64-61-58-55-52-49-46-44-42-40-37-34-32-30-28-26-23-20-17-14-11-8-5-2/h12,15,21,23-24,26,30,32,37,40,70H,4-11,13-14,16-20,22,25,27-29,31,33-36,38-39,41-69H2,1-3H3/b15-12-,24-21-,26-23-,32-30-,40-37-. The topological polar surface area (TPSA) is 78.9 Å². The highest BCUT2D eigenvalue weighted by Crippen LogP contribution is 2.18. The van der Waals surface area contributed by atoms with E-state index in [1.807, 2.05) is 0 Å². The van der Waals surface area contributed by atoms with Crippen LogP contribution in [0.25, 0.3) is 0 Å². The van der Waals surface area contributed by atoms with Crippen LogP contribution >= 0.6 is 0 Å². The summed E-state index contributed by atoms with van der Waals surface area (Å²) in [6, 6.07) is 0. The third kappa shape index (κ3) is 65.8. The largest absolute Gasteiger partial charge is 0.462 e. The minimum Gasteiger partial charge on any atom is -0.462 e. The predicted molar refractivity (Wildman–Crippen MR) is 344 cm³/mol. The lowest BCUT2D eigenvalue weighted by molar-refractivity contribution is -0.167. The summed E-state index contributed by atoms with van der Waals surface area (Å²) < 4.78 is 17.0. The SMILES string of the molecule is CCC/C=C\C/C=C\CCCCCCCC(=O)OCC(COC(=O)CCCCCCCCCCCCCCCCCCCCCCCCCCC)OC(=O)CCCCCCCCCC/C=C\C/C=C\C/C=C\CCCCCCC. The van der Waals surface area contributed by atoms with Crippen molar-refractivity contribution in [2.24, 2.45) is 0 Å². The van der Waals surface area contributed by atoms with Gasteiger partial charge >= 0.3 is 17.9 Å². The summed E-state index contributed by atoms with van der Waals surface area (Å²) >= 11 is 0. The average molecular weight is 1110 g/mol. The number of rotatable bonds is 64. The fraction of sp³-hybridized carbons (Fsp3) is 0.822. The molecule has 0 bridgehead atoms. The van der Waals surface area contributed by atoms with Gasteiger partial charge < -0.3 is 14.2 Å². The van der Waals surface area contributed by atoms with Crippen molar-refractivity contribution >= 4 is 17.9 Å². The van der Waals surface area contributed by atoms with E-state index in [1.165, 1.54) is 225 Å². The molecule has 0 aromatic rings. The minimum absolute atomic E-state index is 0.0785. The van der Waals surface area contributed by atoms with Crippen LogP contribution in [0.5, 0.6) is 0 Å². The first-order valence-electron chi connectivity index (χ1n) is 34.8. The molecule has 0 spiro atoms. The molecule has 0 aliphatic heterocycles. The summed E-state index contributed by atoms with van der Waals surface area (Å²) in [4.78, 5) is 38.4. The molecule has 0 rings (SSSR count). The number of unbranched alkanes of at least 4 members (excludes halogenated alkanes) is 43. The molecule has 460 valence electrons. The third-order valence-corrected chi connectivity index (χ3v) is 15.5. The van der Waals surface area contributed by atoms with Gasteiger partial charge in [-0.05, 0) is 83.5 Å². The zero-order valence-electron chi connectivity index (χ0n) is 52.9. The number of carbonyl (C=O) groups is 3. The zero-order chi connectivity index (χ0) is 57.1. The quantitative estimate of drug-likeness (QED) is 0.0261. The van der Waals surface area contributed by atoms with E-state index in [4.69, 9.17) is 14.2 Å². The normalized spacial score (nSPS) is 12.4. The van der Waals surface area contributed by atoms with Crippen LogP contribution in [-0.2, 0) is 28.6 Å². The predicted octanol–water partition coefficient (Wildman–Crippen LogP) is 23.9. The highest BCUT2D eigenvalue weighted by Gasteiger charge is 2.19.